The molecule has 23 heavy (non-hydrogen) atoms. The molecule has 0 unspecified atom stereocenters. The van der Waals surface area contributed by atoms with Gasteiger partial charge in [0, 0.05) is 52.4 Å². The third-order valence-electron chi connectivity index (χ3n) is 3.34. The van der Waals surface area contributed by atoms with Crippen LogP contribution in [0, 0.1) is 0 Å². The van der Waals surface area contributed by atoms with Crippen LogP contribution < -0.4 is 5.32 Å². The van der Waals surface area contributed by atoms with Crippen molar-refractivity contribution in [2.45, 2.75) is 6.54 Å². The van der Waals surface area contributed by atoms with E-state index in [-0.39, 0.29) is 24.0 Å². The van der Waals surface area contributed by atoms with Crippen molar-refractivity contribution in [1.29, 1.82) is 0 Å². The van der Waals surface area contributed by atoms with E-state index >= 15 is 0 Å². The average Bonchev–Trinajstić information content (AvgIpc) is 2.49. The van der Waals surface area contributed by atoms with Crippen molar-refractivity contribution in [3.05, 3.63) is 34.9 Å². The van der Waals surface area contributed by atoms with Crippen LogP contribution in [0.2, 0.25) is 5.02 Å². The highest BCUT2D eigenvalue weighted by Gasteiger charge is 2.07. The first kappa shape index (κ1) is 22.4. The molecule has 0 spiro atoms. The topological polar surface area (TPSA) is 40.1 Å². The minimum atomic E-state index is 0. The zero-order chi connectivity index (χ0) is 16.4. The molecule has 1 N–H and O–H groups in total. The Labute approximate surface area is 162 Å². The Hall–Kier alpha value is -0.570. The lowest BCUT2D eigenvalue weighted by Gasteiger charge is -2.23. The molecule has 0 fully saturated rings. The van der Waals surface area contributed by atoms with E-state index in [4.69, 9.17) is 16.3 Å². The summed E-state index contributed by atoms with van der Waals surface area (Å²) in [5, 5.41) is 4.13. The number of halogens is 2. The summed E-state index contributed by atoms with van der Waals surface area (Å²) in [6, 6.07) is 7.89. The van der Waals surface area contributed by atoms with E-state index < -0.39 is 0 Å². The van der Waals surface area contributed by atoms with Crippen molar-refractivity contribution in [3.8, 4) is 0 Å². The summed E-state index contributed by atoms with van der Waals surface area (Å²) in [5.41, 5.74) is 1.16. The van der Waals surface area contributed by atoms with Crippen molar-refractivity contribution < 1.29 is 4.74 Å². The second-order valence-electron chi connectivity index (χ2n) is 5.26. The average molecular weight is 455 g/mol. The molecule has 132 valence electrons. The van der Waals surface area contributed by atoms with Crippen LogP contribution in [-0.2, 0) is 11.3 Å². The molecule has 0 aliphatic rings. The van der Waals surface area contributed by atoms with Gasteiger partial charge in [-0.15, -0.1) is 24.0 Å². The number of guanidine groups is 1. The fraction of sp³-hybridized carbons (Fsp3) is 0.562. The normalized spacial score (nSPS) is 11.3. The summed E-state index contributed by atoms with van der Waals surface area (Å²) >= 11 is 6.02. The first-order valence-electron chi connectivity index (χ1n) is 7.40. The number of likely N-dealkylation sites (N-methyl/N-ethyl adjacent to an activating group) is 1. The van der Waals surface area contributed by atoms with Gasteiger partial charge in [0.2, 0.25) is 0 Å². The number of ether oxygens (including phenoxy) is 1. The van der Waals surface area contributed by atoms with Gasteiger partial charge in [-0.3, -0.25) is 4.99 Å². The summed E-state index contributed by atoms with van der Waals surface area (Å²) in [6.07, 6.45) is 0. The minimum Gasteiger partial charge on any atom is -0.383 e. The van der Waals surface area contributed by atoms with E-state index in [0.717, 1.165) is 49.3 Å². The molecule has 5 nitrogen and oxygen atoms in total. The number of nitrogens with zero attached hydrogens (tertiary/aromatic N) is 3. The van der Waals surface area contributed by atoms with E-state index in [1.165, 1.54) is 0 Å². The van der Waals surface area contributed by atoms with Gasteiger partial charge >= 0.3 is 0 Å². The van der Waals surface area contributed by atoms with Gasteiger partial charge in [-0.25, -0.2) is 0 Å². The maximum atomic E-state index is 6.02. The molecule has 0 aromatic heterocycles. The Morgan fingerprint density at radius 3 is 2.65 bits per heavy atom. The van der Waals surface area contributed by atoms with E-state index in [0.29, 0.717) is 0 Å². The van der Waals surface area contributed by atoms with Gasteiger partial charge in [-0.05, 0) is 24.7 Å². The third kappa shape index (κ3) is 9.34. The minimum absolute atomic E-state index is 0. The Morgan fingerprint density at radius 1 is 1.30 bits per heavy atom. The maximum absolute atomic E-state index is 6.02. The number of hydrogen-bond donors (Lipinski definition) is 1. The van der Waals surface area contributed by atoms with Gasteiger partial charge in [0.1, 0.15) is 0 Å². The summed E-state index contributed by atoms with van der Waals surface area (Å²) in [5.74, 6) is 0.875. The molecule has 0 radical (unpaired) electrons. The third-order valence-corrected chi connectivity index (χ3v) is 3.57. The van der Waals surface area contributed by atoms with Crippen LogP contribution in [0.4, 0.5) is 0 Å². The second-order valence-corrected chi connectivity index (χ2v) is 5.69. The first-order valence-corrected chi connectivity index (χ1v) is 7.78. The van der Waals surface area contributed by atoms with Crippen molar-refractivity contribution in [1.82, 2.24) is 15.1 Å². The smallest absolute Gasteiger partial charge is 0.193 e. The van der Waals surface area contributed by atoms with Gasteiger partial charge < -0.3 is 19.9 Å². The quantitative estimate of drug-likeness (QED) is 0.372. The lowest BCUT2D eigenvalue weighted by Crippen LogP contribution is -2.42. The zero-order valence-corrected chi connectivity index (χ0v) is 17.5. The molecule has 0 aliphatic heterocycles. The van der Waals surface area contributed by atoms with Crippen molar-refractivity contribution in [3.63, 3.8) is 0 Å². The number of methoxy groups -OCH3 is 1. The van der Waals surface area contributed by atoms with Crippen LogP contribution in [0.1, 0.15) is 5.56 Å². The SMILES string of the molecule is CN=C(NCCN(C)CCOC)N(C)Cc1cccc(Cl)c1.I. The number of hydrogen-bond acceptors (Lipinski definition) is 3. The highest BCUT2D eigenvalue weighted by Crippen LogP contribution is 2.12. The summed E-state index contributed by atoms with van der Waals surface area (Å²) in [4.78, 5) is 8.63. The zero-order valence-electron chi connectivity index (χ0n) is 14.4. The lowest BCUT2D eigenvalue weighted by molar-refractivity contribution is 0.162. The van der Waals surface area contributed by atoms with E-state index in [1.54, 1.807) is 14.2 Å². The van der Waals surface area contributed by atoms with E-state index in [2.05, 4.69) is 33.2 Å². The Kier molecular flexibility index (Phi) is 12.5. The summed E-state index contributed by atoms with van der Waals surface area (Å²) in [7, 11) is 7.62. The number of benzene rings is 1. The van der Waals surface area contributed by atoms with Crippen molar-refractivity contribution in [2.75, 3.05) is 54.5 Å². The molecule has 0 bridgehead atoms. The standard InChI is InChI=1S/C16H27ClN4O.HI/c1-18-16(19-8-9-20(2)10-11-22-4)21(3)13-14-6-5-7-15(17)12-14;/h5-7,12H,8-11,13H2,1-4H3,(H,18,19);1H. The molecule has 1 aromatic carbocycles. The number of nitrogens with one attached hydrogen (secondary N) is 1. The molecule has 0 heterocycles. The van der Waals surface area contributed by atoms with Crippen LogP contribution in [0.5, 0.6) is 0 Å². The molecule has 0 saturated carbocycles. The van der Waals surface area contributed by atoms with Crippen LogP contribution in [0.15, 0.2) is 29.3 Å². The molecule has 0 aliphatic carbocycles. The van der Waals surface area contributed by atoms with Gasteiger partial charge in [0.25, 0.3) is 0 Å². The Morgan fingerprint density at radius 2 is 2.04 bits per heavy atom. The van der Waals surface area contributed by atoms with Crippen molar-refractivity contribution >= 4 is 41.5 Å². The number of rotatable bonds is 8. The molecule has 1 aromatic rings. The van der Waals surface area contributed by atoms with Crippen LogP contribution in [-0.4, -0.2) is 70.3 Å². The molecule has 0 atom stereocenters. The van der Waals surface area contributed by atoms with Gasteiger partial charge in [0.15, 0.2) is 5.96 Å². The molecule has 7 heteroatoms. The Balaban J connectivity index is 0.00000484. The first-order chi connectivity index (χ1) is 10.6. The van der Waals surface area contributed by atoms with Crippen LogP contribution in [0.3, 0.4) is 0 Å². The predicted molar refractivity (Wildman–Crippen MR) is 109 cm³/mol. The summed E-state index contributed by atoms with van der Waals surface area (Å²) in [6.45, 7) is 4.22. The summed E-state index contributed by atoms with van der Waals surface area (Å²) < 4.78 is 5.07. The van der Waals surface area contributed by atoms with Crippen LogP contribution in [0.25, 0.3) is 0 Å². The fourth-order valence-electron chi connectivity index (χ4n) is 2.09. The predicted octanol–water partition coefficient (Wildman–Crippen LogP) is 2.54. The lowest BCUT2D eigenvalue weighted by atomic mass is 10.2. The van der Waals surface area contributed by atoms with Gasteiger partial charge in [-0.2, -0.15) is 0 Å². The second kappa shape index (κ2) is 12.8. The highest BCUT2D eigenvalue weighted by atomic mass is 127. The van der Waals surface area contributed by atoms with Gasteiger partial charge in [0.05, 0.1) is 6.61 Å². The van der Waals surface area contributed by atoms with Crippen LogP contribution >= 0.6 is 35.6 Å². The monoisotopic (exact) mass is 454 g/mol. The maximum Gasteiger partial charge on any atom is 0.193 e. The highest BCUT2D eigenvalue weighted by molar-refractivity contribution is 14.0. The fourth-order valence-corrected chi connectivity index (χ4v) is 2.30. The van der Waals surface area contributed by atoms with E-state index in [1.807, 2.05) is 25.2 Å². The molecule has 0 saturated heterocycles. The Bertz CT molecular complexity index is 473. The molecule has 1 rings (SSSR count). The molecule has 0 amide bonds. The van der Waals surface area contributed by atoms with E-state index in [9.17, 15) is 0 Å². The molecular formula is C16H28ClIN4O. The van der Waals surface area contributed by atoms with Crippen molar-refractivity contribution in [2.24, 2.45) is 4.99 Å². The number of aliphatic imine (C=N–C) groups is 1. The largest absolute Gasteiger partial charge is 0.383 e. The molecular weight excluding hydrogens is 427 g/mol. The van der Waals surface area contributed by atoms with Gasteiger partial charge in [-0.1, -0.05) is 23.7 Å².